The van der Waals surface area contributed by atoms with Gasteiger partial charge in [-0.2, -0.15) is 0 Å². The summed E-state index contributed by atoms with van der Waals surface area (Å²) in [7, 11) is 0. The Labute approximate surface area is 113 Å². The number of imide groups is 2. The molecular formula is C14H22N2O3. The molecule has 1 saturated carbocycles. The fourth-order valence-electron chi connectivity index (χ4n) is 4.05. The van der Waals surface area contributed by atoms with Crippen molar-refractivity contribution >= 4 is 17.8 Å². The summed E-state index contributed by atoms with van der Waals surface area (Å²) in [6.07, 6.45) is 3.62. The molecule has 5 nitrogen and oxygen atoms in total. The van der Waals surface area contributed by atoms with Gasteiger partial charge in [-0.15, -0.1) is 0 Å². The lowest BCUT2D eigenvalue weighted by Gasteiger charge is -2.39. The number of amides is 4. The number of rotatable bonds is 3. The van der Waals surface area contributed by atoms with Gasteiger partial charge in [0.1, 0.15) is 5.41 Å². The Morgan fingerprint density at radius 1 is 1.16 bits per heavy atom. The normalized spacial score (nSPS) is 33.4. The van der Waals surface area contributed by atoms with Crippen LogP contribution in [-0.4, -0.2) is 17.8 Å². The van der Waals surface area contributed by atoms with E-state index in [4.69, 9.17) is 0 Å². The average Bonchev–Trinajstić information content (AvgIpc) is 2.61. The van der Waals surface area contributed by atoms with E-state index < -0.39 is 23.3 Å². The Hall–Kier alpha value is -1.39. The van der Waals surface area contributed by atoms with E-state index in [1.807, 2.05) is 6.92 Å². The van der Waals surface area contributed by atoms with Gasteiger partial charge in [-0.1, -0.05) is 33.6 Å². The van der Waals surface area contributed by atoms with E-state index in [2.05, 4.69) is 24.5 Å². The van der Waals surface area contributed by atoms with Crippen LogP contribution in [0, 0.1) is 23.2 Å². The summed E-state index contributed by atoms with van der Waals surface area (Å²) in [5, 5.41) is 4.59. The van der Waals surface area contributed by atoms with Crippen molar-refractivity contribution in [3.05, 3.63) is 0 Å². The second-order valence-electron chi connectivity index (χ2n) is 5.78. The molecular weight excluding hydrogens is 244 g/mol. The molecule has 2 N–H and O–H groups in total. The summed E-state index contributed by atoms with van der Waals surface area (Å²) in [6.45, 7) is 6.12. The summed E-state index contributed by atoms with van der Waals surface area (Å²) in [6, 6.07) is -0.692. The van der Waals surface area contributed by atoms with Crippen LogP contribution in [0.15, 0.2) is 0 Å². The van der Waals surface area contributed by atoms with Crippen molar-refractivity contribution in [2.75, 3.05) is 0 Å². The Morgan fingerprint density at radius 2 is 1.74 bits per heavy atom. The Kier molecular flexibility index (Phi) is 3.65. The summed E-state index contributed by atoms with van der Waals surface area (Å²) < 4.78 is 0. The Balaban J connectivity index is 2.43. The molecule has 19 heavy (non-hydrogen) atoms. The average molecular weight is 266 g/mol. The first-order valence-electron chi connectivity index (χ1n) is 7.15. The molecule has 2 fully saturated rings. The van der Waals surface area contributed by atoms with E-state index in [0.717, 1.165) is 25.7 Å². The highest BCUT2D eigenvalue weighted by Gasteiger charge is 2.63. The summed E-state index contributed by atoms with van der Waals surface area (Å²) >= 11 is 0. The van der Waals surface area contributed by atoms with Crippen molar-refractivity contribution < 1.29 is 14.4 Å². The molecule has 1 saturated heterocycles. The first-order valence-corrected chi connectivity index (χ1v) is 7.15. The summed E-state index contributed by atoms with van der Waals surface area (Å²) in [5.41, 5.74) is -1.05. The third-order valence-electron chi connectivity index (χ3n) is 5.02. The molecule has 1 spiro atoms. The predicted octanol–water partition coefficient (Wildman–Crippen LogP) is 1.82. The third-order valence-corrected chi connectivity index (χ3v) is 5.02. The highest BCUT2D eigenvalue weighted by molar-refractivity contribution is 6.19. The molecule has 0 radical (unpaired) electrons. The van der Waals surface area contributed by atoms with E-state index in [0.29, 0.717) is 5.92 Å². The minimum absolute atomic E-state index is 0.0258. The van der Waals surface area contributed by atoms with Crippen molar-refractivity contribution in [2.24, 2.45) is 23.2 Å². The fourth-order valence-corrected chi connectivity index (χ4v) is 4.05. The van der Waals surface area contributed by atoms with Crippen LogP contribution in [0.25, 0.3) is 0 Å². The Bertz CT molecular complexity index is 399. The van der Waals surface area contributed by atoms with Crippen molar-refractivity contribution in [1.82, 2.24) is 10.6 Å². The number of nitrogens with one attached hydrogen (secondary N) is 2. The van der Waals surface area contributed by atoms with Crippen LogP contribution >= 0.6 is 0 Å². The lowest BCUT2D eigenvalue weighted by Crippen LogP contribution is -2.65. The molecule has 0 aromatic heterocycles. The molecule has 0 aromatic carbocycles. The van der Waals surface area contributed by atoms with Gasteiger partial charge in [0.15, 0.2) is 0 Å². The largest absolute Gasteiger partial charge is 0.328 e. The second-order valence-corrected chi connectivity index (χ2v) is 5.78. The second kappa shape index (κ2) is 4.94. The molecule has 0 bridgehead atoms. The molecule has 0 aromatic rings. The van der Waals surface area contributed by atoms with Gasteiger partial charge in [-0.05, 0) is 30.6 Å². The molecule has 1 aliphatic heterocycles. The predicted molar refractivity (Wildman–Crippen MR) is 70.1 cm³/mol. The van der Waals surface area contributed by atoms with E-state index in [9.17, 15) is 14.4 Å². The number of carbonyl (C=O) groups excluding carboxylic acids is 3. The van der Waals surface area contributed by atoms with E-state index >= 15 is 0 Å². The van der Waals surface area contributed by atoms with E-state index in [1.165, 1.54) is 0 Å². The molecule has 5 heteroatoms. The molecule has 4 amide bonds. The number of hydrogen-bond acceptors (Lipinski definition) is 3. The van der Waals surface area contributed by atoms with Gasteiger partial charge >= 0.3 is 6.03 Å². The molecule has 2 aliphatic rings. The van der Waals surface area contributed by atoms with Crippen molar-refractivity contribution in [1.29, 1.82) is 0 Å². The lowest BCUT2D eigenvalue weighted by molar-refractivity contribution is -0.150. The zero-order chi connectivity index (χ0) is 14.2. The maximum Gasteiger partial charge on any atom is 0.328 e. The third kappa shape index (κ3) is 1.86. The van der Waals surface area contributed by atoms with Crippen LogP contribution in [0.2, 0.25) is 0 Å². The summed E-state index contributed by atoms with van der Waals surface area (Å²) in [4.78, 5) is 36.1. The number of carbonyl (C=O) groups is 3. The zero-order valence-electron chi connectivity index (χ0n) is 11.8. The van der Waals surface area contributed by atoms with Gasteiger partial charge in [0, 0.05) is 0 Å². The van der Waals surface area contributed by atoms with Crippen LogP contribution in [0.1, 0.15) is 46.5 Å². The van der Waals surface area contributed by atoms with Gasteiger partial charge in [-0.25, -0.2) is 4.79 Å². The van der Waals surface area contributed by atoms with Gasteiger partial charge in [-0.3, -0.25) is 20.2 Å². The van der Waals surface area contributed by atoms with Crippen LogP contribution in [-0.2, 0) is 9.59 Å². The Morgan fingerprint density at radius 3 is 2.21 bits per heavy atom. The first kappa shape index (κ1) is 14.0. The highest BCUT2D eigenvalue weighted by atomic mass is 16.2. The van der Waals surface area contributed by atoms with E-state index in [1.54, 1.807) is 0 Å². The minimum Gasteiger partial charge on any atom is -0.277 e. The van der Waals surface area contributed by atoms with Gasteiger partial charge in [0.25, 0.3) is 0 Å². The number of urea groups is 1. The molecule has 1 aliphatic carbocycles. The monoisotopic (exact) mass is 266 g/mol. The zero-order valence-corrected chi connectivity index (χ0v) is 11.8. The molecule has 2 rings (SSSR count). The van der Waals surface area contributed by atoms with Crippen LogP contribution in [0.3, 0.4) is 0 Å². The topological polar surface area (TPSA) is 75.3 Å². The fraction of sp³-hybridized carbons (Fsp3) is 0.786. The SMILES string of the molecule is CCCC1CC(CC)C(C)C12C(=O)NC(=O)NC2=O. The highest BCUT2D eigenvalue weighted by Crippen LogP contribution is 2.54. The first-order chi connectivity index (χ1) is 8.98. The molecule has 3 atom stereocenters. The lowest BCUT2D eigenvalue weighted by atomic mass is 9.68. The van der Waals surface area contributed by atoms with Crippen LogP contribution in [0.5, 0.6) is 0 Å². The smallest absolute Gasteiger partial charge is 0.277 e. The van der Waals surface area contributed by atoms with Gasteiger partial charge in [0.2, 0.25) is 11.8 Å². The number of barbiturate groups is 1. The van der Waals surface area contributed by atoms with Gasteiger partial charge < -0.3 is 0 Å². The summed E-state index contributed by atoms with van der Waals surface area (Å²) in [5.74, 6) is -0.430. The molecule has 3 unspecified atom stereocenters. The maximum atomic E-state index is 12.4. The molecule has 1 heterocycles. The van der Waals surface area contributed by atoms with E-state index in [-0.39, 0.29) is 11.8 Å². The van der Waals surface area contributed by atoms with Gasteiger partial charge in [0.05, 0.1) is 0 Å². The number of hydrogen-bond donors (Lipinski definition) is 2. The van der Waals surface area contributed by atoms with Crippen molar-refractivity contribution in [3.8, 4) is 0 Å². The van der Waals surface area contributed by atoms with Crippen molar-refractivity contribution in [2.45, 2.75) is 46.5 Å². The maximum absolute atomic E-state index is 12.4. The van der Waals surface area contributed by atoms with Crippen molar-refractivity contribution in [3.63, 3.8) is 0 Å². The van der Waals surface area contributed by atoms with Crippen LogP contribution in [0.4, 0.5) is 4.79 Å². The minimum atomic E-state index is -1.05. The standard InChI is InChI=1S/C14H22N2O3/c1-4-6-10-7-9(5-2)8(3)14(10)11(17)15-13(19)16-12(14)18/h8-10H,4-7H2,1-3H3,(H2,15,16,17,18,19). The molecule has 106 valence electrons. The quantitative estimate of drug-likeness (QED) is 0.765. The van der Waals surface area contributed by atoms with Crippen LogP contribution < -0.4 is 10.6 Å².